The molecule has 0 fully saturated rings. The number of nitrogens with zero attached hydrogens (tertiary/aromatic N) is 3. The zero-order valence-electron chi connectivity index (χ0n) is 19.4. The van der Waals surface area contributed by atoms with E-state index in [9.17, 15) is 22.8 Å². The second-order valence-electron chi connectivity index (χ2n) is 8.63. The van der Waals surface area contributed by atoms with Crippen molar-refractivity contribution in [2.45, 2.75) is 44.8 Å². The fraction of sp³-hybridized carbons (Fsp3) is 0.346. The molecule has 9 heteroatoms. The van der Waals surface area contributed by atoms with Crippen LogP contribution in [0.4, 0.5) is 19.0 Å². The third kappa shape index (κ3) is 5.72. The summed E-state index contributed by atoms with van der Waals surface area (Å²) in [7, 11) is 1.61. The van der Waals surface area contributed by atoms with Gasteiger partial charge in [-0.15, -0.1) is 0 Å². The predicted octanol–water partition coefficient (Wildman–Crippen LogP) is 4.42. The number of aromatic nitrogens is 2. The number of imidazole rings is 1. The summed E-state index contributed by atoms with van der Waals surface area (Å²) < 4.78 is 40.8. The van der Waals surface area contributed by atoms with Crippen molar-refractivity contribution in [1.29, 1.82) is 0 Å². The average Bonchev–Trinajstić information content (AvgIpc) is 3.23. The third-order valence-corrected chi connectivity index (χ3v) is 6.12. The second kappa shape index (κ2) is 10.3. The monoisotopic (exact) mass is 484 g/mol. The predicted molar refractivity (Wildman–Crippen MR) is 126 cm³/mol. The summed E-state index contributed by atoms with van der Waals surface area (Å²) in [5, 5.41) is 2.81. The standard InChI is InChI=1S/C26H27F3N4O2/c1-32(22(34)17-18-8-3-2-4-9-18)24-23(33-15-6-5-12-21(33)31-24)25(35)30-14-13-19-10-7-11-20(16-19)26(27,28)29/h2-4,7-11,16H,5-6,12-15,17H2,1H3,(H,30,35). The molecular weight excluding hydrogens is 457 g/mol. The number of aryl methyl sites for hydroxylation is 1. The molecule has 3 aromatic rings. The maximum Gasteiger partial charge on any atom is 0.416 e. The highest BCUT2D eigenvalue weighted by molar-refractivity contribution is 6.03. The van der Waals surface area contributed by atoms with Crippen LogP contribution in [0.15, 0.2) is 54.6 Å². The molecule has 1 N–H and O–H groups in total. The molecule has 0 saturated heterocycles. The zero-order chi connectivity index (χ0) is 25.0. The van der Waals surface area contributed by atoms with Gasteiger partial charge in [0.25, 0.3) is 5.91 Å². The van der Waals surface area contributed by atoms with Crippen LogP contribution in [-0.4, -0.2) is 35.0 Å². The zero-order valence-corrected chi connectivity index (χ0v) is 19.4. The molecule has 1 aliphatic rings. The number of nitrogens with one attached hydrogen (secondary N) is 1. The quantitative estimate of drug-likeness (QED) is 0.540. The van der Waals surface area contributed by atoms with Crippen molar-refractivity contribution in [1.82, 2.24) is 14.9 Å². The molecule has 0 radical (unpaired) electrons. The Balaban J connectivity index is 1.50. The summed E-state index contributed by atoms with van der Waals surface area (Å²) in [6, 6.07) is 14.4. The molecule has 1 aromatic heterocycles. The molecule has 2 amide bonds. The molecule has 35 heavy (non-hydrogen) atoms. The van der Waals surface area contributed by atoms with Crippen LogP contribution in [0.1, 0.15) is 45.8 Å². The molecule has 0 saturated carbocycles. The first kappa shape index (κ1) is 24.5. The van der Waals surface area contributed by atoms with Crippen LogP contribution in [0, 0.1) is 0 Å². The maximum absolute atomic E-state index is 13.2. The number of halogens is 3. The number of amides is 2. The SMILES string of the molecule is CN(C(=O)Cc1ccccc1)c1nc2n(c1C(=O)NCCc1cccc(C(F)(F)F)c1)CCCC2. The first-order chi connectivity index (χ1) is 16.7. The minimum atomic E-state index is -4.41. The van der Waals surface area contributed by atoms with Crippen LogP contribution in [0.5, 0.6) is 0 Å². The number of benzene rings is 2. The van der Waals surface area contributed by atoms with E-state index in [0.29, 0.717) is 30.0 Å². The molecule has 0 atom stereocenters. The fourth-order valence-electron chi connectivity index (χ4n) is 4.24. The molecule has 1 aliphatic heterocycles. The molecule has 0 bridgehead atoms. The summed E-state index contributed by atoms with van der Waals surface area (Å²) in [6.07, 6.45) is -1.43. The Morgan fingerprint density at radius 2 is 1.80 bits per heavy atom. The van der Waals surface area contributed by atoms with Gasteiger partial charge in [0, 0.05) is 26.6 Å². The Kier molecular flexibility index (Phi) is 7.23. The Hall–Kier alpha value is -3.62. The number of fused-ring (bicyclic) bond motifs is 1. The second-order valence-corrected chi connectivity index (χ2v) is 8.63. The van der Waals surface area contributed by atoms with Gasteiger partial charge in [-0.2, -0.15) is 13.2 Å². The largest absolute Gasteiger partial charge is 0.416 e. The normalized spacial score (nSPS) is 13.3. The van der Waals surface area contributed by atoms with Crippen molar-refractivity contribution >= 4 is 17.6 Å². The Bertz CT molecular complexity index is 1210. The molecule has 0 unspecified atom stereocenters. The smallest absolute Gasteiger partial charge is 0.350 e. The van der Waals surface area contributed by atoms with Gasteiger partial charge in [-0.25, -0.2) is 4.98 Å². The highest BCUT2D eigenvalue weighted by Gasteiger charge is 2.31. The van der Waals surface area contributed by atoms with E-state index in [-0.39, 0.29) is 25.3 Å². The van der Waals surface area contributed by atoms with E-state index in [2.05, 4.69) is 10.3 Å². The van der Waals surface area contributed by atoms with Crippen molar-refractivity contribution < 1.29 is 22.8 Å². The van der Waals surface area contributed by atoms with Crippen LogP contribution >= 0.6 is 0 Å². The summed E-state index contributed by atoms with van der Waals surface area (Å²) >= 11 is 0. The number of anilines is 1. The highest BCUT2D eigenvalue weighted by atomic mass is 19.4. The van der Waals surface area contributed by atoms with Gasteiger partial charge < -0.3 is 9.88 Å². The number of hydrogen-bond acceptors (Lipinski definition) is 3. The van der Waals surface area contributed by atoms with Crippen LogP contribution < -0.4 is 10.2 Å². The van der Waals surface area contributed by atoms with Crippen molar-refractivity contribution in [2.75, 3.05) is 18.5 Å². The van der Waals surface area contributed by atoms with E-state index in [1.807, 2.05) is 34.9 Å². The van der Waals surface area contributed by atoms with Crippen molar-refractivity contribution in [2.24, 2.45) is 0 Å². The topological polar surface area (TPSA) is 67.2 Å². The van der Waals surface area contributed by atoms with E-state index in [1.54, 1.807) is 13.1 Å². The van der Waals surface area contributed by atoms with E-state index < -0.39 is 17.6 Å². The summed E-state index contributed by atoms with van der Waals surface area (Å²) in [6.45, 7) is 0.779. The first-order valence-corrected chi connectivity index (χ1v) is 11.6. The number of likely N-dealkylation sites (N-methyl/N-ethyl adjacent to an activating group) is 1. The van der Waals surface area contributed by atoms with Crippen molar-refractivity contribution in [3.8, 4) is 0 Å². The van der Waals surface area contributed by atoms with Gasteiger partial charge in [0.2, 0.25) is 5.91 Å². The average molecular weight is 485 g/mol. The minimum absolute atomic E-state index is 0.155. The third-order valence-electron chi connectivity index (χ3n) is 6.12. The van der Waals surface area contributed by atoms with E-state index >= 15 is 0 Å². The summed E-state index contributed by atoms with van der Waals surface area (Å²) in [5.74, 6) is 0.477. The van der Waals surface area contributed by atoms with Gasteiger partial charge in [0.1, 0.15) is 5.82 Å². The lowest BCUT2D eigenvalue weighted by molar-refractivity contribution is -0.137. The lowest BCUT2D eigenvalue weighted by Gasteiger charge is -2.19. The Morgan fingerprint density at radius 1 is 1.06 bits per heavy atom. The number of hydrogen-bond donors (Lipinski definition) is 1. The van der Waals surface area contributed by atoms with Gasteiger partial charge in [-0.3, -0.25) is 14.5 Å². The van der Waals surface area contributed by atoms with E-state index in [0.717, 1.165) is 36.4 Å². The highest BCUT2D eigenvalue weighted by Crippen LogP contribution is 2.30. The van der Waals surface area contributed by atoms with Gasteiger partial charge >= 0.3 is 6.18 Å². The van der Waals surface area contributed by atoms with Gasteiger partial charge in [-0.1, -0.05) is 48.5 Å². The summed E-state index contributed by atoms with van der Waals surface area (Å²) in [4.78, 5) is 32.2. The number of carbonyl (C=O) groups is 2. The minimum Gasteiger partial charge on any atom is -0.350 e. The van der Waals surface area contributed by atoms with Crippen LogP contribution in [0.3, 0.4) is 0 Å². The lowest BCUT2D eigenvalue weighted by Crippen LogP contribution is -2.33. The van der Waals surface area contributed by atoms with E-state index in [1.165, 1.54) is 11.0 Å². The maximum atomic E-state index is 13.2. The van der Waals surface area contributed by atoms with Gasteiger partial charge in [-0.05, 0) is 36.5 Å². The molecule has 4 rings (SSSR count). The lowest BCUT2D eigenvalue weighted by atomic mass is 10.1. The van der Waals surface area contributed by atoms with Gasteiger partial charge in [0.05, 0.1) is 12.0 Å². The van der Waals surface area contributed by atoms with Gasteiger partial charge in [0.15, 0.2) is 11.5 Å². The first-order valence-electron chi connectivity index (χ1n) is 11.6. The summed E-state index contributed by atoms with van der Waals surface area (Å²) in [5.41, 5.74) is 0.936. The van der Waals surface area contributed by atoms with Crippen molar-refractivity contribution in [3.05, 3.63) is 82.8 Å². The fourth-order valence-corrected chi connectivity index (χ4v) is 4.24. The molecule has 184 valence electrons. The molecule has 6 nitrogen and oxygen atoms in total. The molecule has 0 aliphatic carbocycles. The molecule has 0 spiro atoms. The molecular formula is C26H27F3N4O2. The van der Waals surface area contributed by atoms with Crippen molar-refractivity contribution in [3.63, 3.8) is 0 Å². The van der Waals surface area contributed by atoms with Crippen LogP contribution in [0.25, 0.3) is 0 Å². The van der Waals surface area contributed by atoms with E-state index in [4.69, 9.17) is 0 Å². The number of carbonyl (C=O) groups excluding carboxylic acids is 2. The van der Waals surface area contributed by atoms with Crippen LogP contribution in [-0.2, 0) is 36.8 Å². The molecule has 2 heterocycles. The number of alkyl halides is 3. The Labute approximate surface area is 201 Å². The number of rotatable bonds is 7. The Morgan fingerprint density at radius 3 is 2.54 bits per heavy atom. The van der Waals surface area contributed by atoms with Crippen LogP contribution in [0.2, 0.25) is 0 Å². The molecule has 2 aromatic carbocycles.